The average molecular weight is 567 g/mol. The summed E-state index contributed by atoms with van der Waals surface area (Å²) in [5.41, 5.74) is 5.18. The SMILES string of the molecule is C[C@@H](O)CN(C)c1ccc(S(=O)(=O)N2CCC(Nc3nc(N)c(C(=O)c4c(F)cccc4F)s3)CC2)cn1. The first-order chi connectivity index (χ1) is 18.0. The lowest BCUT2D eigenvalue weighted by molar-refractivity contribution is 0.103. The van der Waals surface area contributed by atoms with Gasteiger partial charge in [0.2, 0.25) is 15.8 Å². The number of likely N-dealkylation sites (N-methyl/N-ethyl adjacent to an activating group) is 1. The van der Waals surface area contributed by atoms with Gasteiger partial charge in [-0.05, 0) is 44.0 Å². The van der Waals surface area contributed by atoms with Crippen molar-refractivity contribution in [2.45, 2.75) is 36.8 Å². The van der Waals surface area contributed by atoms with E-state index < -0.39 is 39.1 Å². The van der Waals surface area contributed by atoms with E-state index in [1.165, 1.54) is 22.6 Å². The highest BCUT2D eigenvalue weighted by atomic mass is 32.2. The summed E-state index contributed by atoms with van der Waals surface area (Å²) in [7, 11) is -1.99. The van der Waals surface area contributed by atoms with E-state index in [1.54, 1.807) is 24.9 Å². The molecule has 4 rings (SSSR count). The van der Waals surface area contributed by atoms with Crippen LogP contribution in [0.2, 0.25) is 0 Å². The molecule has 204 valence electrons. The van der Waals surface area contributed by atoms with Crippen LogP contribution in [0.15, 0.2) is 41.4 Å². The third-order valence-electron chi connectivity index (χ3n) is 6.12. The van der Waals surface area contributed by atoms with Gasteiger partial charge < -0.3 is 21.1 Å². The van der Waals surface area contributed by atoms with E-state index in [0.29, 0.717) is 30.3 Å². The van der Waals surface area contributed by atoms with Gasteiger partial charge in [-0.1, -0.05) is 17.4 Å². The number of nitrogen functional groups attached to an aromatic ring is 1. The average Bonchev–Trinajstić information content (AvgIpc) is 3.23. The van der Waals surface area contributed by atoms with Crippen LogP contribution in [0.4, 0.5) is 25.5 Å². The summed E-state index contributed by atoms with van der Waals surface area (Å²) in [4.78, 5) is 22.8. The number of anilines is 3. The number of nitrogens with one attached hydrogen (secondary N) is 1. The van der Waals surface area contributed by atoms with Gasteiger partial charge in [0.15, 0.2) is 5.13 Å². The monoisotopic (exact) mass is 566 g/mol. The van der Waals surface area contributed by atoms with Crippen LogP contribution in [0.1, 0.15) is 35.0 Å². The van der Waals surface area contributed by atoms with Crippen molar-refractivity contribution in [1.29, 1.82) is 0 Å². The van der Waals surface area contributed by atoms with Gasteiger partial charge in [-0.25, -0.2) is 27.2 Å². The minimum Gasteiger partial charge on any atom is -0.392 e. The van der Waals surface area contributed by atoms with E-state index in [9.17, 15) is 27.1 Å². The number of piperidine rings is 1. The number of sulfonamides is 1. The Balaban J connectivity index is 1.38. The molecule has 2 aromatic heterocycles. The molecule has 0 spiro atoms. The number of aliphatic hydroxyl groups excluding tert-OH is 1. The molecule has 14 heteroatoms. The molecule has 1 atom stereocenters. The summed E-state index contributed by atoms with van der Waals surface area (Å²) in [5.74, 6) is -2.45. The molecule has 0 bridgehead atoms. The number of carbonyl (C=O) groups is 1. The second kappa shape index (κ2) is 11.3. The number of hydrogen-bond donors (Lipinski definition) is 3. The van der Waals surface area contributed by atoms with Crippen LogP contribution < -0.4 is 16.0 Å². The number of aromatic nitrogens is 2. The number of benzene rings is 1. The Morgan fingerprint density at radius 3 is 2.50 bits per heavy atom. The molecular formula is C24H28F2N6O4S2. The number of nitrogens with two attached hydrogens (primary N) is 1. The van der Waals surface area contributed by atoms with Crippen molar-refractivity contribution in [3.63, 3.8) is 0 Å². The zero-order chi connectivity index (χ0) is 27.6. The molecule has 10 nitrogen and oxygen atoms in total. The third-order valence-corrected chi connectivity index (χ3v) is 9.00. The Hall–Kier alpha value is -3.20. The fourth-order valence-corrected chi connectivity index (χ4v) is 6.51. The zero-order valence-electron chi connectivity index (χ0n) is 20.8. The molecule has 1 aliphatic heterocycles. The fourth-order valence-electron chi connectivity index (χ4n) is 4.19. The minimum absolute atomic E-state index is 0.0773. The van der Waals surface area contributed by atoms with E-state index in [0.717, 1.165) is 23.5 Å². The number of carbonyl (C=O) groups excluding carboxylic acids is 1. The number of pyridine rings is 1. The highest BCUT2D eigenvalue weighted by molar-refractivity contribution is 7.89. The Kier molecular flexibility index (Phi) is 8.25. The van der Waals surface area contributed by atoms with Crippen molar-refractivity contribution in [3.8, 4) is 0 Å². The fraction of sp³-hybridized carbons (Fsp3) is 0.375. The topological polar surface area (TPSA) is 142 Å². The van der Waals surface area contributed by atoms with Gasteiger partial charge in [0.25, 0.3) is 0 Å². The Bertz CT molecular complexity index is 1390. The van der Waals surface area contributed by atoms with Crippen LogP contribution in [0, 0.1) is 11.6 Å². The van der Waals surface area contributed by atoms with Crippen molar-refractivity contribution in [2.24, 2.45) is 0 Å². The number of ketones is 1. The van der Waals surface area contributed by atoms with E-state index in [-0.39, 0.29) is 34.7 Å². The van der Waals surface area contributed by atoms with Crippen molar-refractivity contribution >= 4 is 43.9 Å². The first-order valence-corrected chi connectivity index (χ1v) is 14.1. The summed E-state index contributed by atoms with van der Waals surface area (Å²) in [5, 5.41) is 13.0. The number of halogens is 2. The van der Waals surface area contributed by atoms with Gasteiger partial charge in [0.1, 0.15) is 33.0 Å². The summed E-state index contributed by atoms with van der Waals surface area (Å²) in [6.45, 7) is 2.51. The lowest BCUT2D eigenvalue weighted by atomic mass is 10.1. The quantitative estimate of drug-likeness (QED) is 0.333. The number of aliphatic hydroxyl groups is 1. The highest BCUT2D eigenvalue weighted by Gasteiger charge is 2.31. The maximum absolute atomic E-state index is 14.1. The molecule has 4 N–H and O–H groups in total. The zero-order valence-corrected chi connectivity index (χ0v) is 22.4. The Morgan fingerprint density at radius 1 is 1.26 bits per heavy atom. The number of hydrogen-bond acceptors (Lipinski definition) is 10. The maximum Gasteiger partial charge on any atom is 0.244 e. The van der Waals surface area contributed by atoms with E-state index in [1.807, 2.05) is 0 Å². The number of nitrogens with zero attached hydrogens (tertiary/aromatic N) is 4. The van der Waals surface area contributed by atoms with Crippen LogP contribution in [-0.2, 0) is 10.0 Å². The molecule has 0 amide bonds. The van der Waals surface area contributed by atoms with Crippen LogP contribution in [-0.4, -0.2) is 72.4 Å². The smallest absolute Gasteiger partial charge is 0.244 e. The van der Waals surface area contributed by atoms with Crippen LogP contribution in [0.3, 0.4) is 0 Å². The molecular weight excluding hydrogens is 538 g/mol. The molecule has 1 aromatic carbocycles. The predicted molar refractivity (Wildman–Crippen MR) is 141 cm³/mol. The first kappa shape index (κ1) is 27.8. The van der Waals surface area contributed by atoms with Crippen LogP contribution >= 0.6 is 11.3 Å². The molecule has 1 fully saturated rings. The molecule has 1 aliphatic rings. The summed E-state index contributed by atoms with van der Waals surface area (Å²) >= 11 is 0.894. The second-order valence-electron chi connectivity index (χ2n) is 9.06. The molecule has 38 heavy (non-hydrogen) atoms. The normalized spacial score (nSPS) is 15.8. The van der Waals surface area contributed by atoms with Crippen molar-refractivity contribution in [1.82, 2.24) is 14.3 Å². The lowest BCUT2D eigenvalue weighted by Gasteiger charge is -2.31. The number of thiazole rings is 1. The molecule has 3 heterocycles. The first-order valence-electron chi connectivity index (χ1n) is 11.8. The molecule has 3 aromatic rings. The van der Waals surface area contributed by atoms with Gasteiger partial charge in [-0.3, -0.25) is 4.79 Å². The third kappa shape index (κ3) is 5.93. The van der Waals surface area contributed by atoms with Gasteiger partial charge in [-0.2, -0.15) is 4.31 Å². The highest BCUT2D eigenvalue weighted by Crippen LogP contribution is 2.31. The molecule has 0 unspecified atom stereocenters. The van der Waals surface area contributed by atoms with Gasteiger partial charge in [0, 0.05) is 38.9 Å². The van der Waals surface area contributed by atoms with Crippen molar-refractivity contribution in [3.05, 3.63) is 58.6 Å². The van der Waals surface area contributed by atoms with Gasteiger partial charge in [0.05, 0.1) is 11.7 Å². The van der Waals surface area contributed by atoms with E-state index >= 15 is 0 Å². The molecule has 0 saturated carbocycles. The second-order valence-corrected chi connectivity index (χ2v) is 12.0. The van der Waals surface area contributed by atoms with Gasteiger partial charge >= 0.3 is 0 Å². The van der Waals surface area contributed by atoms with Gasteiger partial charge in [-0.15, -0.1) is 0 Å². The summed E-state index contributed by atoms with van der Waals surface area (Å²) in [6.07, 6.45) is 1.69. The van der Waals surface area contributed by atoms with E-state index in [2.05, 4.69) is 15.3 Å². The van der Waals surface area contributed by atoms with E-state index in [4.69, 9.17) is 5.73 Å². The maximum atomic E-state index is 14.1. The Labute approximate surface area is 223 Å². The van der Waals surface area contributed by atoms with Crippen LogP contribution in [0.25, 0.3) is 0 Å². The molecule has 1 saturated heterocycles. The Morgan fingerprint density at radius 2 is 1.92 bits per heavy atom. The van der Waals surface area contributed by atoms with Crippen LogP contribution in [0.5, 0.6) is 0 Å². The summed E-state index contributed by atoms with van der Waals surface area (Å²) in [6, 6.07) is 6.11. The molecule has 0 aliphatic carbocycles. The standard InChI is InChI=1S/C24H28F2N6O4S2/c1-14(33)13-31(2)19-7-6-16(12-28-19)38(35,36)32-10-8-15(9-11-32)29-24-30-23(27)22(37-24)21(34)20-17(25)4-3-5-18(20)26/h3-7,12,14-15,33H,8-11,13,27H2,1-2H3,(H,29,30)/t14-/m1/s1. The molecule has 0 radical (unpaired) electrons. The predicted octanol–water partition coefficient (Wildman–Crippen LogP) is 2.71. The van der Waals surface area contributed by atoms with Crippen molar-refractivity contribution in [2.75, 3.05) is 42.6 Å². The number of rotatable bonds is 9. The largest absolute Gasteiger partial charge is 0.392 e. The summed E-state index contributed by atoms with van der Waals surface area (Å²) < 4.78 is 55.7. The minimum atomic E-state index is -3.75. The lowest BCUT2D eigenvalue weighted by Crippen LogP contribution is -2.42. The van der Waals surface area contributed by atoms with Crippen molar-refractivity contribution < 1.29 is 27.1 Å².